The second-order valence-electron chi connectivity index (χ2n) is 7.99. The predicted octanol–water partition coefficient (Wildman–Crippen LogP) is 2.02. The van der Waals surface area contributed by atoms with Crippen LogP contribution in [0.4, 0.5) is 4.79 Å². The molecule has 1 amide bonds. The maximum atomic E-state index is 12.7. The molecule has 142 valence electrons. The zero-order valence-corrected chi connectivity index (χ0v) is 15.7. The Hall–Kier alpha value is -1.99. The van der Waals surface area contributed by atoms with Gasteiger partial charge in [-0.25, -0.2) is 4.79 Å². The number of ketones is 1. The third kappa shape index (κ3) is 4.40. The summed E-state index contributed by atoms with van der Waals surface area (Å²) in [5, 5.41) is 3.33. The molecule has 1 spiro atoms. The van der Waals surface area contributed by atoms with E-state index in [1.165, 1.54) is 0 Å². The molecule has 0 radical (unpaired) electrons. The van der Waals surface area contributed by atoms with E-state index in [1.807, 2.05) is 20.8 Å². The molecule has 1 atom stereocenters. The summed E-state index contributed by atoms with van der Waals surface area (Å²) in [5.41, 5.74) is -0.309. The molecule has 26 heavy (non-hydrogen) atoms. The van der Waals surface area contributed by atoms with E-state index in [0.717, 1.165) is 0 Å². The van der Waals surface area contributed by atoms with Crippen molar-refractivity contribution < 1.29 is 19.1 Å². The molecule has 1 aromatic rings. The van der Waals surface area contributed by atoms with Crippen LogP contribution in [0.1, 0.15) is 44.0 Å². The van der Waals surface area contributed by atoms with Gasteiger partial charge < -0.3 is 19.7 Å². The lowest BCUT2D eigenvalue weighted by Crippen LogP contribution is -2.60. The van der Waals surface area contributed by atoms with E-state index in [9.17, 15) is 9.59 Å². The monoisotopic (exact) mass is 361 g/mol. The van der Waals surface area contributed by atoms with Crippen molar-refractivity contribution in [3.63, 3.8) is 0 Å². The maximum absolute atomic E-state index is 12.7. The zero-order valence-electron chi connectivity index (χ0n) is 15.7. The summed E-state index contributed by atoms with van der Waals surface area (Å²) in [4.78, 5) is 30.6. The van der Waals surface area contributed by atoms with Gasteiger partial charge >= 0.3 is 6.09 Å². The summed E-state index contributed by atoms with van der Waals surface area (Å²) in [6, 6.07) is 3.41. The normalized spacial score (nSPS) is 22.9. The quantitative estimate of drug-likeness (QED) is 0.812. The third-order valence-electron chi connectivity index (χ3n) is 4.75. The smallest absolute Gasteiger partial charge is 0.410 e. The van der Waals surface area contributed by atoms with Crippen LogP contribution < -0.4 is 5.32 Å². The largest absolute Gasteiger partial charge is 0.444 e. The van der Waals surface area contributed by atoms with Crippen LogP contribution in [0.3, 0.4) is 0 Å². The molecule has 7 heteroatoms. The SMILES string of the molecule is CC(C)(C)OC(=O)N1CCC2(CC1)CNCC(C(=O)c1ccncc1)O2. The van der Waals surface area contributed by atoms with Gasteiger partial charge in [0.1, 0.15) is 11.7 Å². The number of morpholine rings is 1. The van der Waals surface area contributed by atoms with Crippen molar-refractivity contribution in [2.45, 2.75) is 50.9 Å². The Kier molecular flexibility index (Phi) is 5.29. The third-order valence-corrected chi connectivity index (χ3v) is 4.75. The number of likely N-dealkylation sites (tertiary alicyclic amines) is 1. The molecule has 0 saturated carbocycles. The minimum absolute atomic E-state index is 0.0338. The average Bonchev–Trinajstić information content (AvgIpc) is 2.61. The second-order valence-corrected chi connectivity index (χ2v) is 7.99. The Labute approximate surface area is 154 Å². The van der Waals surface area contributed by atoms with Gasteiger partial charge in [0.05, 0.1) is 5.60 Å². The zero-order chi connectivity index (χ0) is 18.8. The highest BCUT2D eigenvalue weighted by Gasteiger charge is 2.43. The number of piperidine rings is 1. The molecule has 2 fully saturated rings. The minimum Gasteiger partial charge on any atom is -0.444 e. The number of hydrogen-bond donors (Lipinski definition) is 1. The first-order valence-corrected chi connectivity index (χ1v) is 9.09. The van der Waals surface area contributed by atoms with Gasteiger partial charge in [0, 0.05) is 44.1 Å². The average molecular weight is 361 g/mol. The first kappa shape index (κ1) is 18.8. The Morgan fingerprint density at radius 3 is 2.54 bits per heavy atom. The number of nitrogens with one attached hydrogen (secondary N) is 1. The summed E-state index contributed by atoms with van der Waals surface area (Å²) < 4.78 is 11.7. The van der Waals surface area contributed by atoms with E-state index < -0.39 is 17.3 Å². The number of amides is 1. The standard InChI is InChI=1S/C19H27N3O4/c1-18(2,3)26-17(24)22-10-6-19(7-11-22)13-21-12-15(25-19)16(23)14-4-8-20-9-5-14/h4-5,8-9,15,21H,6-7,10-13H2,1-3H3. The molecule has 1 unspecified atom stereocenters. The van der Waals surface area contributed by atoms with Crippen LogP contribution in [0.2, 0.25) is 0 Å². The van der Waals surface area contributed by atoms with Gasteiger partial charge in [-0.1, -0.05) is 0 Å². The van der Waals surface area contributed by atoms with Gasteiger partial charge in [-0.05, 0) is 45.7 Å². The number of nitrogens with zero attached hydrogens (tertiary/aromatic N) is 2. The minimum atomic E-state index is -0.515. The molecule has 7 nitrogen and oxygen atoms in total. The Balaban J connectivity index is 1.60. The summed E-state index contributed by atoms with van der Waals surface area (Å²) in [6.07, 6.45) is 3.77. The van der Waals surface area contributed by atoms with Crippen molar-refractivity contribution in [1.29, 1.82) is 0 Å². The van der Waals surface area contributed by atoms with E-state index in [0.29, 0.717) is 44.6 Å². The van der Waals surface area contributed by atoms with Gasteiger partial charge in [-0.2, -0.15) is 0 Å². The molecule has 1 N–H and O–H groups in total. The number of carbonyl (C=O) groups is 2. The number of hydrogen-bond acceptors (Lipinski definition) is 6. The van der Waals surface area contributed by atoms with Crippen molar-refractivity contribution >= 4 is 11.9 Å². The van der Waals surface area contributed by atoms with Crippen LogP contribution >= 0.6 is 0 Å². The molecule has 0 aliphatic carbocycles. The topological polar surface area (TPSA) is 80.8 Å². The van der Waals surface area contributed by atoms with Crippen molar-refractivity contribution in [3.05, 3.63) is 30.1 Å². The van der Waals surface area contributed by atoms with E-state index in [1.54, 1.807) is 29.4 Å². The first-order chi connectivity index (χ1) is 12.3. The Morgan fingerprint density at radius 1 is 1.27 bits per heavy atom. The lowest BCUT2D eigenvalue weighted by molar-refractivity contribution is -0.126. The molecular weight excluding hydrogens is 334 g/mol. The Bertz CT molecular complexity index is 648. The van der Waals surface area contributed by atoms with E-state index >= 15 is 0 Å². The summed E-state index contributed by atoms with van der Waals surface area (Å²) >= 11 is 0. The fourth-order valence-corrected chi connectivity index (χ4v) is 3.38. The molecule has 2 aliphatic heterocycles. The molecule has 0 bridgehead atoms. The molecule has 2 saturated heterocycles. The number of rotatable bonds is 2. The van der Waals surface area contributed by atoms with Crippen molar-refractivity contribution in [2.24, 2.45) is 0 Å². The molecular formula is C19H27N3O4. The summed E-state index contributed by atoms with van der Waals surface area (Å²) in [7, 11) is 0. The van der Waals surface area contributed by atoms with Crippen LogP contribution in [0.25, 0.3) is 0 Å². The number of aromatic nitrogens is 1. The second kappa shape index (κ2) is 7.32. The Morgan fingerprint density at radius 2 is 1.92 bits per heavy atom. The highest BCUT2D eigenvalue weighted by atomic mass is 16.6. The van der Waals surface area contributed by atoms with Crippen LogP contribution in [0, 0.1) is 0 Å². The fraction of sp³-hybridized carbons (Fsp3) is 0.632. The maximum Gasteiger partial charge on any atom is 0.410 e. The van der Waals surface area contributed by atoms with Gasteiger partial charge in [0.15, 0.2) is 5.78 Å². The number of ether oxygens (including phenoxy) is 2. The lowest BCUT2D eigenvalue weighted by atomic mass is 9.88. The first-order valence-electron chi connectivity index (χ1n) is 9.09. The molecule has 3 rings (SSSR count). The van der Waals surface area contributed by atoms with Gasteiger partial charge in [0.2, 0.25) is 0 Å². The molecule has 2 aliphatic rings. The molecule has 1 aromatic heterocycles. The number of carbonyl (C=O) groups excluding carboxylic acids is 2. The molecule has 3 heterocycles. The number of Topliss-reactive ketones (excluding diaryl/α,β-unsaturated/α-hetero) is 1. The van der Waals surface area contributed by atoms with E-state index in [-0.39, 0.29) is 11.9 Å². The lowest BCUT2D eigenvalue weighted by Gasteiger charge is -2.46. The highest BCUT2D eigenvalue weighted by molar-refractivity contribution is 5.99. The van der Waals surface area contributed by atoms with Gasteiger partial charge in [-0.3, -0.25) is 9.78 Å². The van der Waals surface area contributed by atoms with E-state index in [4.69, 9.17) is 9.47 Å². The predicted molar refractivity (Wildman–Crippen MR) is 96.1 cm³/mol. The van der Waals surface area contributed by atoms with Gasteiger partial charge in [-0.15, -0.1) is 0 Å². The van der Waals surface area contributed by atoms with E-state index in [2.05, 4.69) is 10.3 Å². The van der Waals surface area contributed by atoms with Crippen molar-refractivity contribution in [1.82, 2.24) is 15.2 Å². The van der Waals surface area contributed by atoms with Crippen molar-refractivity contribution in [3.8, 4) is 0 Å². The summed E-state index contributed by atoms with van der Waals surface area (Å²) in [6.45, 7) is 7.90. The highest BCUT2D eigenvalue weighted by Crippen LogP contribution is 2.31. The number of pyridine rings is 1. The van der Waals surface area contributed by atoms with Crippen molar-refractivity contribution in [2.75, 3.05) is 26.2 Å². The van der Waals surface area contributed by atoms with Crippen LogP contribution in [0.15, 0.2) is 24.5 Å². The van der Waals surface area contributed by atoms with Crippen LogP contribution in [0.5, 0.6) is 0 Å². The fourth-order valence-electron chi connectivity index (χ4n) is 3.38. The molecule has 0 aromatic carbocycles. The van der Waals surface area contributed by atoms with Crippen LogP contribution in [-0.4, -0.2) is 65.2 Å². The summed E-state index contributed by atoms with van der Waals surface area (Å²) in [5.74, 6) is -0.0338. The van der Waals surface area contributed by atoms with Gasteiger partial charge in [0.25, 0.3) is 0 Å². The van der Waals surface area contributed by atoms with Crippen LogP contribution in [-0.2, 0) is 9.47 Å².